The Bertz CT molecular complexity index is 1480. The summed E-state index contributed by atoms with van der Waals surface area (Å²) < 4.78 is 44.8. The minimum absolute atomic E-state index is 0. The van der Waals surface area contributed by atoms with Crippen molar-refractivity contribution in [3.63, 3.8) is 0 Å². The van der Waals surface area contributed by atoms with E-state index >= 15 is 0 Å². The van der Waals surface area contributed by atoms with Crippen LogP contribution in [0, 0.1) is 11.6 Å². The molecule has 45 heavy (non-hydrogen) atoms. The Hall–Kier alpha value is -3.89. The summed E-state index contributed by atoms with van der Waals surface area (Å²) in [5.41, 5.74) is 0.574. The van der Waals surface area contributed by atoms with Gasteiger partial charge in [0.2, 0.25) is 11.7 Å². The zero-order chi connectivity index (χ0) is 31.3. The summed E-state index contributed by atoms with van der Waals surface area (Å²) in [6.45, 7) is 2.43. The highest BCUT2D eigenvalue weighted by Crippen LogP contribution is 2.42. The lowest BCUT2D eigenvalue weighted by Gasteiger charge is -2.37. The van der Waals surface area contributed by atoms with E-state index in [1.54, 1.807) is 23.1 Å². The van der Waals surface area contributed by atoms with Crippen LogP contribution in [-0.4, -0.2) is 70.8 Å². The van der Waals surface area contributed by atoms with E-state index < -0.39 is 22.5 Å². The fourth-order valence-electron chi connectivity index (χ4n) is 6.69. The largest absolute Gasteiger partial charge is 0.493 e. The number of benzene rings is 3. The lowest BCUT2D eigenvalue weighted by atomic mass is 9.72. The van der Waals surface area contributed by atoms with Crippen LogP contribution in [0.2, 0.25) is 0 Å². The van der Waals surface area contributed by atoms with Crippen LogP contribution in [0.5, 0.6) is 17.2 Å². The number of carbonyl (C=O) groups excluding carboxylic acids is 2. The molecule has 1 unspecified atom stereocenters. The van der Waals surface area contributed by atoms with Crippen molar-refractivity contribution in [3.8, 4) is 17.2 Å². The predicted molar refractivity (Wildman–Crippen MR) is 170 cm³/mol. The van der Waals surface area contributed by atoms with E-state index in [-0.39, 0.29) is 30.8 Å². The van der Waals surface area contributed by atoms with E-state index in [1.165, 1.54) is 27.4 Å². The molecule has 11 heteroatoms. The number of hydrogen-bond acceptors (Lipinski definition) is 6. The number of nitrogens with one attached hydrogen (secondary N) is 2. The predicted octanol–water partition coefficient (Wildman–Crippen LogP) is 5.02. The summed E-state index contributed by atoms with van der Waals surface area (Å²) in [6, 6.07) is 16.9. The molecule has 0 bridgehead atoms. The number of ether oxygens (including phenoxy) is 3. The fourth-order valence-corrected chi connectivity index (χ4v) is 6.69. The van der Waals surface area contributed by atoms with Gasteiger partial charge in [-0.15, -0.1) is 12.4 Å². The molecule has 5 rings (SSSR count). The Morgan fingerprint density at radius 1 is 0.867 bits per heavy atom. The SMILES string of the molecule is COc1cc(C(=O)N2CCC(CCNC(=O)C3(c4ccccc4)CCNCC3)(c3ccc(F)c(F)c3)C2)cc(OC)c1OC.Cl. The molecule has 1 atom stereocenters. The van der Waals surface area contributed by atoms with Gasteiger partial charge >= 0.3 is 0 Å². The van der Waals surface area contributed by atoms with Gasteiger partial charge in [0.05, 0.1) is 26.7 Å². The van der Waals surface area contributed by atoms with Gasteiger partial charge in [0.1, 0.15) is 0 Å². The van der Waals surface area contributed by atoms with Gasteiger partial charge in [-0.05, 0) is 74.2 Å². The van der Waals surface area contributed by atoms with Crippen molar-refractivity contribution in [1.82, 2.24) is 15.5 Å². The Morgan fingerprint density at radius 3 is 2.13 bits per heavy atom. The smallest absolute Gasteiger partial charge is 0.254 e. The van der Waals surface area contributed by atoms with Gasteiger partial charge in [-0.2, -0.15) is 0 Å². The van der Waals surface area contributed by atoms with Gasteiger partial charge in [-0.25, -0.2) is 8.78 Å². The zero-order valence-corrected chi connectivity index (χ0v) is 26.6. The van der Waals surface area contributed by atoms with Crippen molar-refractivity contribution < 1.29 is 32.6 Å². The van der Waals surface area contributed by atoms with Gasteiger partial charge in [-0.3, -0.25) is 9.59 Å². The Labute approximate surface area is 268 Å². The normalized spacial score (nSPS) is 18.9. The van der Waals surface area contributed by atoms with E-state index in [0.29, 0.717) is 67.1 Å². The van der Waals surface area contributed by atoms with E-state index in [2.05, 4.69) is 10.6 Å². The molecule has 2 saturated heterocycles. The Balaban J connectivity index is 0.00000461. The number of piperidine rings is 1. The summed E-state index contributed by atoms with van der Waals surface area (Å²) in [5, 5.41) is 6.52. The molecule has 2 aliphatic heterocycles. The number of rotatable bonds is 10. The number of amides is 2. The van der Waals surface area contributed by atoms with Crippen molar-refractivity contribution >= 4 is 24.2 Å². The summed E-state index contributed by atoms with van der Waals surface area (Å²) >= 11 is 0. The third-order valence-corrected chi connectivity index (χ3v) is 9.19. The third kappa shape index (κ3) is 6.72. The molecule has 0 saturated carbocycles. The fraction of sp³-hybridized carbons (Fsp3) is 0.412. The second-order valence-corrected chi connectivity index (χ2v) is 11.5. The summed E-state index contributed by atoms with van der Waals surface area (Å²) in [4.78, 5) is 29.3. The first-order chi connectivity index (χ1) is 21.3. The number of likely N-dealkylation sites (tertiary alicyclic amines) is 1. The monoisotopic (exact) mass is 643 g/mol. The van der Waals surface area contributed by atoms with Crippen LogP contribution >= 0.6 is 12.4 Å². The highest BCUT2D eigenvalue weighted by atomic mass is 35.5. The number of methoxy groups -OCH3 is 3. The molecule has 2 N–H and O–H groups in total. The standard InChI is InChI=1S/C34H39F2N3O5.ClH/c1-42-28-19-23(20-29(43-2)30(28)44-3)31(40)39-18-14-33(22-39,25-9-10-26(35)27(36)21-25)11-17-38-32(41)34(12-15-37-16-13-34)24-7-5-4-6-8-24;/h4-10,19-21,37H,11-18,22H2,1-3H3,(H,38,41);1H. The first kappa shape index (κ1) is 34.0. The number of halogens is 3. The van der Waals surface area contributed by atoms with Crippen LogP contribution in [-0.2, 0) is 15.6 Å². The molecule has 0 spiro atoms. The van der Waals surface area contributed by atoms with Crippen molar-refractivity contribution in [2.24, 2.45) is 0 Å². The van der Waals surface area contributed by atoms with Gasteiger partial charge in [0, 0.05) is 30.6 Å². The quantitative estimate of drug-likeness (QED) is 0.323. The number of hydrogen-bond donors (Lipinski definition) is 2. The molecular formula is C34H40ClF2N3O5. The molecule has 2 amide bonds. The highest BCUT2D eigenvalue weighted by Gasteiger charge is 2.44. The first-order valence-corrected chi connectivity index (χ1v) is 14.9. The maximum atomic E-state index is 14.5. The molecule has 2 heterocycles. The number of carbonyl (C=O) groups is 2. The first-order valence-electron chi connectivity index (χ1n) is 14.9. The van der Waals surface area contributed by atoms with E-state index in [9.17, 15) is 18.4 Å². The second kappa shape index (κ2) is 14.5. The summed E-state index contributed by atoms with van der Waals surface area (Å²) in [5.74, 6) is -1.09. The Kier molecular flexibility index (Phi) is 10.9. The maximum Gasteiger partial charge on any atom is 0.254 e. The highest BCUT2D eigenvalue weighted by molar-refractivity contribution is 5.96. The van der Waals surface area contributed by atoms with E-state index in [4.69, 9.17) is 14.2 Å². The molecule has 242 valence electrons. The van der Waals surface area contributed by atoms with Gasteiger partial charge in [-0.1, -0.05) is 36.4 Å². The van der Waals surface area contributed by atoms with E-state index in [1.807, 2.05) is 30.3 Å². The van der Waals surface area contributed by atoms with Crippen molar-refractivity contribution in [2.45, 2.75) is 36.5 Å². The molecule has 8 nitrogen and oxygen atoms in total. The van der Waals surface area contributed by atoms with Gasteiger partial charge in [0.25, 0.3) is 5.91 Å². The van der Waals surface area contributed by atoms with Crippen LogP contribution < -0.4 is 24.8 Å². The van der Waals surface area contributed by atoms with Crippen molar-refractivity contribution in [3.05, 3.63) is 89.0 Å². The maximum absolute atomic E-state index is 14.5. The molecule has 2 aliphatic rings. The lowest BCUT2D eigenvalue weighted by Crippen LogP contribution is -2.51. The average Bonchev–Trinajstić information content (AvgIpc) is 3.50. The minimum Gasteiger partial charge on any atom is -0.493 e. The average molecular weight is 644 g/mol. The molecule has 2 fully saturated rings. The van der Waals surface area contributed by atoms with Crippen molar-refractivity contribution in [1.29, 1.82) is 0 Å². The minimum atomic E-state index is -0.946. The van der Waals surface area contributed by atoms with Crippen LogP contribution in [0.25, 0.3) is 0 Å². The second-order valence-electron chi connectivity index (χ2n) is 11.5. The molecule has 3 aromatic carbocycles. The van der Waals surface area contributed by atoms with Gasteiger partial charge < -0.3 is 29.7 Å². The number of nitrogens with zero attached hydrogens (tertiary/aromatic N) is 1. The van der Waals surface area contributed by atoms with Crippen molar-refractivity contribution in [2.75, 3.05) is 54.1 Å². The van der Waals surface area contributed by atoms with Crippen LogP contribution in [0.15, 0.2) is 60.7 Å². The lowest BCUT2D eigenvalue weighted by molar-refractivity contribution is -0.127. The summed E-state index contributed by atoms with van der Waals surface area (Å²) in [7, 11) is 4.45. The molecule has 0 aliphatic carbocycles. The summed E-state index contributed by atoms with van der Waals surface area (Å²) in [6.07, 6.45) is 2.30. The third-order valence-electron chi connectivity index (χ3n) is 9.19. The van der Waals surface area contributed by atoms with E-state index in [0.717, 1.165) is 24.7 Å². The van der Waals surface area contributed by atoms with Crippen LogP contribution in [0.1, 0.15) is 47.2 Å². The van der Waals surface area contributed by atoms with Crippen LogP contribution in [0.4, 0.5) is 8.78 Å². The molecule has 3 aromatic rings. The van der Waals surface area contributed by atoms with Gasteiger partial charge in [0.15, 0.2) is 23.1 Å². The molecular weight excluding hydrogens is 604 g/mol. The Morgan fingerprint density at radius 2 is 1.53 bits per heavy atom. The molecule has 0 aromatic heterocycles. The zero-order valence-electron chi connectivity index (χ0n) is 25.8. The topological polar surface area (TPSA) is 89.1 Å². The molecule has 0 radical (unpaired) electrons. The van der Waals surface area contributed by atoms with Crippen LogP contribution in [0.3, 0.4) is 0 Å².